The average Bonchev–Trinajstić information content (AvgIpc) is 2.34. The van der Waals surface area contributed by atoms with Crippen LogP contribution in [0, 0.1) is 5.41 Å². The van der Waals surface area contributed by atoms with Gasteiger partial charge in [0.05, 0.1) is 4.90 Å². The van der Waals surface area contributed by atoms with Crippen LogP contribution < -0.4 is 4.74 Å². The molecule has 1 aromatic carbocycles. The third-order valence-corrected chi connectivity index (χ3v) is 5.22. The van der Waals surface area contributed by atoms with Gasteiger partial charge in [-0.1, -0.05) is 26.8 Å². The summed E-state index contributed by atoms with van der Waals surface area (Å²) in [7, 11) is -1.87. The Kier molecular flexibility index (Phi) is 4.17. The standard InChI is InChI=1S/C17H25NO3S/c1-16(2,3)12-18(6)22(19,20)14-7-8-15-13(11-14)9-10-17(4,5)21-15/h7-11H,12H2,1-6H3. The first kappa shape index (κ1) is 17.0. The molecule has 0 amide bonds. The van der Waals surface area contributed by atoms with E-state index in [1.54, 1.807) is 25.2 Å². The van der Waals surface area contributed by atoms with E-state index in [1.165, 1.54) is 4.31 Å². The Morgan fingerprint density at radius 3 is 2.45 bits per heavy atom. The molecule has 0 N–H and O–H groups in total. The minimum atomic E-state index is -3.49. The van der Waals surface area contributed by atoms with E-state index in [-0.39, 0.29) is 11.0 Å². The zero-order chi connectivity index (χ0) is 16.8. The summed E-state index contributed by atoms with van der Waals surface area (Å²) in [6.07, 6.45) is 3.85. The summed E-state index contributed by atoms with van der Waals surface area (Å²) in [5, 5.41) is 0. The average molecular weight is 323 g/mol. The maximum atomic E-state index is 12.7. The lowest BCUT2D eigenvalue weighted by Gasteiger charge is -2.29. The maximum absolute atomic E-state index is 12.7. The van der Waals surface area contributed by atoms with E-state index in [9.17, 15) is 8.42 Å². The molecule has 0 unspecified atom stereocenters. The lowest BCUT2D eigenvalue weighted by atomic mass is 9.97. The van der Waals surface area contributed by atoms with Crippen molar-refractivity contribution in [1.29, 1.82) is 0 Å². The SMILES string of the molecule is CN(CC(C)(C)C)S(=O)(=O)c1ccc2c(c1)C=CC(C)(C)O2. The molecule has 0 saturated heterocycles. The molecule has 0 bridgehead atoms. The van der Waals surface area contributed by atoms with Gasteiger partial charge in [0.25, 0.3) is 0 Å². The van der Waals surface area contributed by atoms with Crippen LogP contribution in [0.25, 0.3) is 6.08 Å². The van der Waals surface area contributed by atoms with E-state index in [2.05, 4.69) is 0 Å². The molecule has 1 aliphatic rings. The van der Waals surface area contributed by atoms with Gasteiger partial charge >= 0.3 is 0 Å². The van der Waals surface area contributed by atoms with Crippen LogP contribution in [0.4, 0.5) is 0 Å². The highest BCUT2D eigenvalue weighted by atomic mass is 32.2. The van der Waals surface area contributed by atoms with Crippen LogP contribution in [-0.2, 0) is 10.0 Å². The minimum absolute atomic E-state index is 0.0942. The summed E-state index contributed by atoms with van der Waals surface area (Å²) >= 11 is 0. The van der Waals surface area contributed by atoms with Gasteiger partial charge in [0.2, 0.25) is 10.0 Å². The van der Waals surface area contributed by atoms with Crippen LogP contribution in [-0.4, -0.2) is 31.9 Å². The Morgan fingerprint density at radius 1 is 1.23 bits per heavy atom. The van der Waals surface area contributed by atoms with E-state index < -0.39 is 10.0 Å². The van der Waals surface area contributed by atoms with E-state index >= 15 is 0 Å². The number of ether oxygens (including phenoxy) is 1. The van der Waals surface area contributed by atoms with Crippen LogP contribution in [0.15, 0.2) is 29.2 Å². The van der Waals surface area contributed by atoms with E-state index in [0.29, 0.717) is 17.2 Å². The number of benzene rings is 1. The van der Waals surface area contributed by atoms with Crippen LogP contribution in [0.2, 0.25) is 0 Å². The number of nitrogens with zero attached hydrogens (tertiary/aromatic N) is 1. The minimum Gasteiger partial charge on any atom is -0.483 e. The quantitative estimate of drug-likeness (QED) is 0.855. The van der Waals surface area contributed by atoms with Crippen LogP contribution >= 0.6 is 0 Å². The van der Waals surface area contributed by atoms with Crippen molar-refractivity contribution in [1.82, 2.24) is 4.31 Å². The Hall–Kier alpha value is -1.33. The molecule has 1 heterocycles. The third kappa shape index (κ3) is 3.70. The molecule has 4 nitrogen and oxygen atoms in total. The van der Waals surface area contributed by atoms with Gasteiger partial charge < -0.3 is 4.74 Å². The predicted octanol–water partition coefficient (Wildman–Crippen LogP) is 3.54. The van der Waals surface area contributed by atoms with E-state index in [1.807, 2.05) is 46.8 Å². The van der Waals surface area contributed by atoms with Crippen LogP contribution in [0.3, 0.4) is 0 Å². The number of hydrogen-bond acceptors (Lipinski definition) is 3. The fraction of sp³-hybridized carbons (Fsp3) is 0.529. The fourth-order valence-electron chi connectivity index (χ4n) is 2.45. The number of hydrogen-bond donors (Lipinski definition) is 0. The Bertz CT molecular complexity index is 697. The molecule has 5 heteroatoms. The number of sulfonamides is 1. The Labute approximate surface area is 133 Å². The van der Waals surface area contributed by atoms with Crippen molar-refractivity contribution >= 4 is 16.1 Å². The van der Waals surface area contributed by atoms with Gasteiger partial charge in [-0.3, -0.25) is 0 Å². The molecule has 0 saturated carbocycles. The monoisotopic (exact) mass is 323 g/mol. The first-order valence-corrected chi connectivity index (χ1v) is 8.83. The molecule has 1 aromatic rings. The molecule has 0 radical (unpaired) electrons. The van der Waals surface area contributed by atoms with Gasteiger partial charge in [-0.05, 0) is 43.5 Å². The van der Waals surface area contributed by atoms with Gasteiger partial charge in [0.1, 0.15) is 11.4 Å². The zero-order valence-electron chi connectivity index (χ0n) is 14.2. The summed E-state index contributed by atoms with van der Waals surface area (Å²) in [5.41, 5.74) is 0.337. The second-order valence-electron chi connectivity index (χ2n) is 7.56. The summed E-state index contributed by atoms with van der Waals surface area (Å²) in [6.45, 7) is 10.5. The van der Waals surface area contributed by atoms with Crippen molar-refractivity contribution in [3.8, 4) is 5.75 Å². The molecule has 1 aliphatic heterocycles. The third-order valence-electron chi connectivity index (χ3n) is 3.42. The topological polar surface area (TPSA) is 46.6 Å². The summed E-state index contributed by atoms with van der Waals surface area (Å²) in [5.74, 6) is 0.713. The van der Waals surface area contributed by atoms with E-state index in [4.69, 9.17) is 4.74 Å². The van der Waals surface area contributed by atoms with Gasteiger partial charge in [-0.15, -0.1) is 0 Å². The molecule has 0 aromatic heterocycles. The largest absolute Gasteiger partial charge is 0.483 e. The van der Waals surface area contributed by atoms with Crippen molar-refractivity contribution < 1.29 is 13.2 Å². The number of rotatable bonds is 3. The predicted molar refractivity (Wildman–Crippen MR) is 89.5 cm³/mol. The van der Waals surface area contributed by atoms with Crippen LogP contribution in [0.1, 0.15) is 40.2 Å². The molecule has 22 heavy (non-hydrogen) atoms. The van der Waals surface area contributed by atoms with Gasteiger partial charge in [-0.25, -0.2) is 12.7 Å². The first-order valence-electron chi connectivity index (χ1n) is 7.39. The lowest BCUT2D eigenvalue weighted by Crippen LogP contribution is -2.34. The second kappa shape index (κ2) is 5.39. The highest BCUT2D eigenvalue weighted by Gasteiger charge is 2.27. The summed E-state index contributed by atoms with van der Waals surface area (Å²) in [6, 6.07) is 5.02. The van der Waals surface area contributed by atoms with Crippen molar-refractivity contribution in [3.05, 3.63) is 29.8 Å². The molecule has 0 fully saturated rings. The smallest absolute Gasteiger partial charge is 0.242 e. The van der Waals surface area contributed by atoms with Crippen LogP contribution in [0.5, 0.6) is 5.75 Å². The molecular weight excluding hydrogens is 298 g/mol. The second-order valence-corrected chi connectivity index (χ2v) is 9.61. The van der Waals surface area contributed by atoms with Gasteiger partial charge in [-0.2, -0.15) is 0 Å². The molecular formula is C17H25NO3S. The highest BCUT2D eigenvalue weighted by molar-refractivity contribution is 7.89. The molecule has 0 atom stereocenters. The Balaban J connectivity index is 2.34. The van der Waals surface area contributed by atoms with Crippen molar-refractivity contribution in [2.45, 2.75) is 45.1 Å². The van der Waals surface area contributed by atoms with E-state index in [0.717, 1.165) is 5.56 Å². The van der Waals surface area contributed by atoms with Crippen molar-refractivity contribution in [2.24, 2.45) is 5.41 Å². The molecule has 122 valence electrons. The zero-order valence-corrected chi connectivity index (χ0v) is 15.0. The maximum Gasteiger partial charge on any atom is 0.242 e. The normalized spacial score (nSPS) is 17.2. The highest BCUT2D eigenvalue weighted by Crippen LogP contribution is 2.33. The number of fused-ring (bicyclic) bond motifs is 1. The molecule has 0 aliphatic carbocycles. The first-order chi connectivity index (χ1) is 9.91. The van der Waals surface area contributed by atoms with Crippen molar-refractivity contribution in [3.63, 3.8) is 0 Å². The molecule has 2 rings (SSSR count). The fourth-order valence-corrected chi connectivity index (χ4v) is 3.88. The Morgan fingerprint density at radius 2 is 1.86 bits per heavy atom. The van der Waals surface area contributed by atoms with Gasteiger partial charge in [0.15, 0.2) is 0 Å². The van der Waals surface area contributed by atoms with Gasteiger partial charge in [0, 0.05) is 19.2 Å². The molecule has 0 spiro atoms. The summed E-state index contributed by atoms with van der Waals surface area (Å²) in [4.78, 5) is 0.297. The summed E-state index contributed by atoms with van der Waals surface area (Å²) < 4.78 is 32.6. The lowest BCUT2D eigenvalue weighted by molar-refractivity contribution is 0.159. The van der Waals surface area contributed by atoms with Crippen molar-refractivity contribution in [2.75, 3.05) is 13.6 Å².